The van der Waals surface area contributed by atoms with E-state index in [0.29, 0.717) is 52.9 Å². The molecule has 124 valence electrons. The lowest BCUT2D eigenvalue weighted by molar-refractivity contribution is -0.00322. The fourth-order valence-corrected chi connectivity index (χ4v) is 1.62. The van der Waals surface area contributed by atoms with Crippen molar-refractivity contribution in [3.8, 4) is 0 Å². The summed E-state index contributed by atoms with van der Waals surface area (Å²) < 4.78 is 21.1. The first-order chi connectivity index (χ1) is 10.9. The smallest absolute Gasteiger partial charge is 0.0704 e. The lowest BCUT2D eigenvalue weighted by atomic mass is 10.2. The zero-order valence-corrected chi connectivity index (χ0v) is 13.0. The van der Waals surface area contributed by atoms with Crippen molar-refractivity contribution in [3.05, 3.63) is 42.0 Å². The molecule has 5 heteroatoms. The Hall–Kier alpha value is -1.24. The van der Waals surface area contributed by atoms with Crippen LogP contribution in [0.25, 0.3) is 6.08 Å². The van der Waals surface area contributed by atoms with E-state index in [1.165, 1.54) is 5.56 Å². The minimum atomic E-state index is 0.0453. The van der Waals surface area contributed by atoms with Crippen LogP contribution in [0.15, 0.2) is 36.4 Å². The normalized spacial score (nSPS) is 11.3. The molecule has 0 bridgehead atoms. The summed E-state index contributed by atoms with van der Waals surface area (Å²) in [5.74, 6) is 0. The Kier molecular flexibility index (Phi) is 12.6. The number of hydrogen-bond acceptors (Lipinski definition) is 5. The van der Waals surface area contributed by atoms with Gasteiger partial charge in [0.05, 0.1) is 59.5 Å². The largest absolute Gasteiger partial charge is 0.394 e. The van der Waals surface area contributed by atoms with E-state index < -0.39 is 0 Å². The van der Waals surface area contributed by atoms with Crippen LogP contribution in [0, 0.1) is 0 Å². The Balaban J connectivity index is 1.79. The molecule has 1 rings (SSSR count). The summed E-state index contributed by atoms with van der Waals surface area (Å²) in [5, 5.41) is 8.50. The Morgan fingerprint density at radius 3 is 1.86 bits per heavy atom. The summed E-state index contributed by atoms with van der Waals surface area (Å²) in [6.07, 6.45) is 4.03. The molecule has 22 heavy (non-hydrogen) atoms. The molecule has 0 amide bonds. The molecule has 5 nitrogen and oxygen atoms in total. The number of rotatable bonds is 14. The van der Waals surface area contributed by atoms with Gasteiger partial charge in [0, 0.05) is 0 Å². The molecule has 0 spiro atoms. The van der Waals surface area contributed by atoms with Crippen molar-refractivity contribution in [1.82, 2.24) is 0 Å². The quantitative estimate of drug-likeness (QED) is 0.531. The van der Waals surface area contributed by atoms with Crippen molar-refractivity contribution in [1.29, 1.82) is 0 Å². The molecule has 0 radical (unpaired) electrons. The fraction of sp³-hybridized carbons (Fsp3) is 0.529. The third-order valence-electron chi connectivity index (χ3n) is 2.68. The molecule has 0 unspecified atom stereocenters. The van der Waals surface area contributed by atoms with Crippen LogP contribution in [0.1, 0.15) is 5.56 Å². The van der Waals surface area contributed by atoms with Crippen molar-refractivity contribution in [2.75, 3.05) is 59.5 Å². The van der Waals surface area contributed by atoms with Crippen LogP contribution in [-0.2, 0) is 18.9 Å². The van der Waals surface area contributed by atoms with E-state index in [1.807, 2.05) is 30.4 Å². The number of benzene rings is 1. The average Bonchev–Trinajstić information content (AvgIpc) is 2.56. The Morgan fingerprint density at radius 2 is 1.27 bits per heavy atom. The molecule has 0 aliphatic heterocycles. The van der Waals surface area contributed by atoms with E-state index in [0.717, 1.165) is 0 Å². The zero-order chi connectivity index (χ0) is 15.7. The van der Waals surface area contributed by atoms with Crippen LogP contribution < -0.4 is 0 Å². The summed E-state index contributed by atoms with van der Waals surface area (Å²) in [4.78, 5) is 0. The first-order valence-electron chi connectivity index (χ1n) is 7.57. The maximum atomic E-state index is 8.50. The molecular weight excluding hydrogens is 284 g/mol. The first-order valence-corrected chi connectivity index (χ1v) is 7.57. The van der Waals surface area contributed by atoms with E-state index in [2.05, 4.69) is 12.1 Å². The molecule has 0 aromatic heterocycles. The molecule has 0 heterocycles. The summed E-state index contributed by atoms with van der Waals surface area (Å²) >= 11 is 0. The topological polar surface area (TPSA) is 57.2 Å². The lowest BCUT2D eigenvalue weighted by Gasteiger charge is -2.06. The van der Waals surface area contributed by atoms with Crippen molar-refractivity contribution >= 4 is 6.08 Å². The number of ether oxygens (including phenoxy) is 4. The number of hydrogen-bond donors (Lipinski definition) is 1. The molecule has 1 aromatic rings. The monoisotopic (exact) mass is 310 g/mol. The number of aliphatic hydroxyl groups is 1. The third-order valence-corrected chi connectivity index (χ3v) is 2.68. The molecule has 0 fully saturated rings. The highest BCUT2D eigenvalue weighted by Gasteiger charge is 1.91. The predicted molar refractivity (Wildman–Crippen MR) is 85.8 cm³/mol. The van der Waals surface area contributed by atoms with Gasteiger partial charge in [-0.2, -0.15) is 0 Å². The molecule has 1 N–H and O–H groups in total. The summed E-state index contributed by atoms with van der Waals surface area (Å²) in [5.41, 5.74) is 1.17. The van der Waals surface area contributed by atoms with E-state index in [9.17, 15) is 0 Å². The highest BCUT2D eigenvalue weighted by atomic mass is 16.6. The van der Waals surface area contributed by atoms with Gasteiger partial charge in [0.15, 0.2) is 0 Å². The lowest BCUT2D eigenvalue weighted by Crippen LogP contribution is -2.12. The van der Waals surface area contributed by atoms with Gasteiger partial charge in [-0.15, -0.1) is 0 Å². The van der Waals surface area contributed by atoms with Gasteiger partial charge >= 0.3 is 0 Å². The summed E-state index contributed by atoms with van der Waals surface area (Å²) in [7, 11) is 0. The van der Waals surface area contributed by atoms with Gasteiger partial charge in [0.1, 0.15) is 0 Å². The van der Waals surface area contributed by atoms with Gasteiger partial charge in [-0.05, 0) is 5.56 Å². The molecular formula is C17H26O5. The van der Waals surface area contributed by atoms with E-state index in [1.54, 1.807) is 0 Å². The molecule has 0 aliphatic rings. The van der Waals surface area contributed by atoms with Gasteiger partial charge in [0.2, 0.25) is 0 Å². The van der Waals surface area contributed by atoms with E-state index >= 15 is 0 Å². The second-order valence-electron chi connectivity index (χ2n) is 4.45. The minimum absolute atomic E-state index is 0.0453. The Bertz CT molecular complexity index is 367. The van der Waals surface area contributed by atoms with Crippen LogP contribution in [0.2, 0.25) is 0 Å². The zero-order valence-electron chi connectivity index (χ0n) is 13.0. The van der Waals surface area contributed by atoms with Crippen molar-refractivity contribution < 1.29 is 24.1 Å². The minimum Gasteiger partial charge on any atom is -0.394 e. The summed E-state index contributed by atoms with van der Waals surface area (Å²) in [6, 6.07) is 10.1. The SMILES string of the molecule is OCCOCCOCCOCCOCC=Cc1ccccc1. The van der Waals surface area contributed by atoms with E-state index in [4.69, 9.17) is 24.1 Å². The van der Waals surface area contributed by atoms with Gasteiger partial charge in [-0.3, -0.25) is 0 Å². The molecule has 0 saturated heterocycles. The molecule has 0 aliphatic carbocycles. The Morgan fingerprint density at radius 1 is 0.727 bits per heavy atom. The third kappa shape index (κ3) is 11.4. The second kappa shape index (κ2) is 14.7. The van der Waals surface area contributed by atoms with Crippen LogP contribution in [0.3, 0.4) is 0 Å². The Labute approximate surface area is 132 Å². The van der Waals surface area contributed by atoms with Crippen LogP contribution in [-0.4, -0.2) is 64.6 Å². The second-order valence-corrected chi connectivity index (χ2v) is 4.45. The van der Waals surface area contributed by atoms with Gasteiger partial charge in [0.25, 0.3) is 0 Å². The van der Waals surface area contributed by atoms with Crippen LogP contribution in [0.4, 0.5) is 0 Å². The molecule has 0 atom stereocenters. The standard InChI is InChI=1S/C17H26O5/c18-8-10-20-12-14-22-16-15-21-13-11-19-9-4-7-17-5-2-1-3-6-17/h1-7,18H,8-16H2. The maximum Gasteiger partial charge on any atom is 0.0704 e. The average molecular weight is 310 g/mol. The fourth-order valence-electron chi connectivity index (χ4n) is 1.62. The maximum absolute atomic E-state index is 8.50. The first kappa shape index (κ1) is 18.8. The van der Waals surface area contributed by atoms with Gasteiger partial charge in [-0.25, -0.2) is 0 Å². The van der Waals surface area contributed by atoms with E-state index in [-0.39, 0.29) is 6.61 Å². The molecule has 0 saturated carbocycles. The van der Waals surface area contributed by atoms with Gasteiger partial charge in [-0.1, -0.05) is 42.5 Å². The van der Waals surface area contributed by atoms with Crippen molar-refractivity contribution in [2.45, 2.75) is 0 Å². The van der Waals surface area contributed by atoms with Crippen LogP contribution in [0.5, 0.6) is 0 Å². The van der Waals surface area contributed by atoms with Crippen molar-refractivity contribution in [3.63, 3.8) is 0 Å². The van der Waals surface area contributed by atoms with Crippen LogP contribution >= 0.6 is 0 Å². The predicted octanol–water partition coefficient (Wildman–Crippen LogP) is 1.76. The summed E-state index contributed by atoms with van der Waals surface area (Å²) in [6.45, 7) is 4.21. The highest BCUT2D eigenvalue weighted by Crippen LogP contribution is 2.00. The highest BCUT2D eigenvalue weighted by molar-refractivity contribution is 5.48. The van der Waals surface area contributed by atoms with Gasteiger partial charge < -0.3 is 24.1 Å². The van der Waals surface area contributed by atoms with Crippen molar-refractivity contribution in [2.24, 2.45) is 0 Å². The molecule has 1 aromatic carbocycles. The number of aliphatic hydroxyl groups excluding tert-OH is 1.